The summed E-state index contributed by atoms with van der Waals surface area (Å²) < 4.78 is 2.55. The minimum Gasteiger partial charge on any atom is -0.309 e. The van der Waals surface area contributed by atoms with E-state index in [0.29, 0.717) is 0 Å². The van der Waals surface area contributed by atoms with Gasteiger partial charge in [-0.15, -0.1) is 11.3 Å². The standard InChI is InChI=1S/C66H55NS/c1-65(2,3)47-41-46(42-48(43-47)66(4,5)6)50-34-20-25-45-26-21-35-56(63(45)50)55-32-15-18-37-59(55)67(60-38-22-40-62-64(60)57-33-16-19-39-61(57)68-62)58-36-17-14-31-54(58)53-30-13-12-29-52(53)51-28-11-10-27-49(51)44-23-8-7-9-24-44/h7-43H,1-6H3. The van der Waals surface area contributed by atoms with Crippen LogP contribution in [0.25, 0.3) is 86.6 Å². The summed E-state index contributed by atoms with van der Waals surface area (Å²) in [7, 11) is 0. The first-order valence-corrected chi connectivity index (χ1v) is 24.7. The molecule has 0 fully saturated rings. The van der Waals surface area contributed by atoms with E-state index in [2.05, 4.69) is 271 Å². The highest BCUT2D eigenvalue weighted by Gasteiger charge is 2.27. The third kappa shape index (κ3) is 7.79. The zero-order valence-corrected chi connectivity index (χ0v) is 40.5. The normalized spacial score (nSPS) is 12.0. The van der Waals surface area contributed by atoms with Gasteiger partial charge in [0.1, 0.15) is 0 Å². The first kappa shape index (κ1) is 43.1. The van der Waals surface area contributed by atoms with Crippen molar-refractivity contribution >= 4 is 59.3 Å². The molecule has 0 bridgehead atoms. The number of rotatable bonds is 8. The van der Waals surface area contributed by atoms with Crippen LogP contribution in [-0.2, 0) is 10.8 Å². The van der Waals surface area contributed by atoms with Gasteiger partial charge in [0.05, 0.1) is 17.1 Å². The van der Waals surface area contributed by atoms with Crippen molar-refractivity contribution in [3.63, 3.8) is 0 Å². The molecule has 68 heavy (non-hydrogen) atoms. The van der Waals surface area contributed by atoms with E-state index >= 15 is 0 Å². The molecule has 0 unspecified atom stereocenters. The molecule has 1 nitrogen and oxygen atoms in total. The largest absolute Gasteiger partial charge is 0.309 e. The van der Waals surface area contributed by atoms with Crippen LogP contribution in [0.5, 0.6) is 0 Å². The molecule has 0 radical (unpaired) electrons. The summed E-state index contributed by atoms with van der Waals surface area (Å²) in [6.07, 6.45) is 0. The highest BCUT2D eigenvalue weighted by molar-refractivity contribution is 7.26. The smallest absolute Gasteiger partial charge is 0.0555 e. The van der Waals surface area contributed by atoms with E-state index in [1.165, 1.54) is 92.1 Å². The van der Waals surface area contributed by atoms with Crippen molar-refractivity contribution in [2.45, 2.75) is 52.4 Å². The summed E-state index contributed by atoms with van der Waals surface area (Å²) >= 11 is 1.86. The summed E-state index contributed by atoms with van der Waals surface area (Å²) in [5.41, 5.74) is 18.1. The number of nitrogens with zero attached hydrogens (tertiary/aromatic N) is 1. The van der Waals surface area contributed by atoms with E-state index in [1.807, 2.05) is 11.3 Å². The van der Waals surface area contributed by atoms with Crippen molar-refractivity contribution in [1.82, 2.24) is 0 Å². The second-order valence-corrected chi connectivity index (χ2v) is 21.2. The molecule has 2 heteroatoms. The van der Waals surface area contributed by atoms with Crippen molar-refractivity contribution < 1.29 is 0 Å². The second kappa shape index (κ2) is 17.3. The first-order chi connectivity index (χ1) is 33.0. The molecule has 330 valence electrons. The fourth-order valence-electron chi connectivity index (χ4n) is 10.1. The topological polar surface area (TPSA) is 3.24 Å². The predicted molar refractivity (Wildman–Crippen MR) is 296 cm³/mol. The zero-order valence-electron chi connectivity index (χ0n) is 39.7. The van der Waals surface area contributed by atoms with Gasteiger partial charge in [0.25, 0.3) is 0 Å². The first-order valence-electron chi connectivity index (χ1n) is 23.8. The Morgan fingerprint density at radius 2 is 0.750 bits per heavy atom. The number of hydrogen-bond acceptors (Lipinski definition) is 2. The third-order valence-corrected chi connectivity index (χ3v) is 14.7. The average molecular weight is 894 g/mol. The monoisotopic (exact) mass is 893 g/mol. The van der Waals surface area contributed by atoms with E-state index in [-0.39, 0.29) is 10.8 Å². The van der Waals surface area contributed by atoms with Crippen LogP contribution in [0.2, 0.25) is 0 Å². The molecule has 10 aromatic carbocycles. The maximum absolute atomic E-state index is 2.56. The van der Waals surface area contributed by atoms with Crippen LogP contribution in [0, 0.1) is 0 Å². The summed E-state index contributed by atoms with van der Waals surface area (Å²) in [5.74, 6) is 0. The highest BCUT2D eigenvalue weighted by atomic mass is 32.1. The average Bonchev–Trinajstić information content (AvgIpc) is 3.76. The Morgan fingerprint density at radius 1 is 0.309 bits per heavy atom. The van der Waals surface area contributed by atoms with E-state index in [4.69, 9.17) is 0 Å². The quantitative estimate of drug-likeness (QED) is 0.147. The molecule has 11 rings (SSSR count). The minimum absolute atomic E-state index is 0.0149. The maximum atomic E-state index is 2.56. The Labute approximate surface area is 405 Å². The molecule has 0 saturated heterocycles. The van der Waals surface area contributed by atoms with E-state index in [0.717, 1.165) is 22.6 Å². The van der Waals surface area contributed by atoms with E-state index in [1.54, 1.807) is 0 Å². The summed E-state index contributed by atoms with van der Waals surface area (Å²) in [6.45, 7) is 14.0. The van der Waals surface area contributed by atoms with Crippen molar-refractivity contribution in [2.75, 3.05) is 4.90 Å². The zero-order chi connectivity index (χ0) is 46.6. The SMILES string of the molecule is CC(C)(C)c1cc(-c2cccc3cccc(-c4ccccc4N(c4ccccc4-c4ccccc4-c4ccccc4-c4ccccc4)c4cccc5sc6ccccc6c45)c23)cc(C(C)(C)C)c1. The lowest BCUT2D eigenvalue weighted by Crippen LogP contribution is -2.16. The van der Waals surface area contributed by atoms with Crippen molar-refractivity contribution in [1.29, 1.82) is 0 Å². The van der Waals surface area contributed by atoms with Crippen LogP contribution >= 0.6 is 11.3 Å². The second-order valence-electron chi connectivity index (χ2n) is 20.1. The third-order valence-electron chi connectivity index (χ3n) is 13.6. The van der Waals surface area contributed by atoms with Gasteiger partial charge in [0.2, 0.25) is 0 Å². The molecule has 0 saturated carbocycles. The van der Waals surface area contributed by atoms with Gasteiger partial charge in [-0.05, 0) is 108 Å². The fourth-order valence-corrected chi connectivity index (χ4v) is 11.2. The van der Waals surface area contributed by atoms with Crippen molar-refractivity contribution in [2.24, 2.45) is 0 Å². The number of benzene rings is 10. The van der Waals surface area contributed by atoms with Crippen molar-refractivity contribution in [3.8, 4) is 55.6 Å². The fraction of sp³-hybridized carbons (Fsp3) is 0.121. The molecule has 0 aliphatic rings. The summed E-state index contributed by atoms with van der Waals surface area (Å²) in [4.78, 5) is 2.56. The number of anilines is 3. The molecular weight excluding hydrogens is 839 g/mol. The predicted octanol–water partition coefficient (Wildman–Crippen LogP) is 19.6. The Morgan fingerprint density at radius 3 is 1.38 bits per heavy atom. The molecule has 1 heterocycles. The van der Waals surface area contributed by atoms with Crippen LogP contribution in [0.3, 0.4) is 0 Å². The van der Waals surface area contributed by atoms with Crippen LogP contribution < -0.4 is 4.90 Å². The van der Waals surface area contributed by atoms with Crippen molar-refractivity contribution in [3.05, 3.63) is 236 Å². The van der Waals surface area contributed by atoms with Gasteiger partial charge in [0, 0.05) is 31.3 Å². The van der Waals surface area contributed by atoms with Crippen LogP contribution in [0.1, 0.15) is 52.7 Å². The number of hydrogen-bond donors (Lipinski definition) is 0. The number of thiophene rings is 1. The molecule has 1 aromatic heterocycles. The minimum atomic E-state index is -0.0149. The van der Waals surface area contributed by atoms with Gasteiger partial charge in [0.15, 0.2) is 0 Å². The highest BCUT2D eigenvalue weighted by Crippen LogP contribution is 2.52. The summed E-state index contributed by atoms with van der Waals surface area (Å²) in [5, 5.41) is 5.00. The Balaban J connectivity index is 1.20. The van der Waals surface area contributed by atoms with Gasteiger partial charge < -0.3 is 4.90 Å². The molecule has 0 atom stereocenters. The van der Waals surface area contributed by atoms with Gasteiger partial charge >= 0.3 is 0 Å². The Bertz CT molecular complexity index is 3620. The lowest BCUT2D eigenvalue weighted by Gasteiger charge is -2.31. The Hall–Kier alpha value is -7.52. The molecule has 0 aliphatic carbocycles. The molecule has 0 N–H and O–H groups in total. The molecule has 0 amide bonds. The molecule has 11 aromatic rings. The Kier molecular flexibility index (Phi) is 10.9. The lowest BCUT2D eigenvalue weighted by atomic mass is 9.78. The van der Waals surface area contributed by atoms with Crippen LogP contribution in [-0.4, -0.2) is 0 Å². The van der Waals surface area contributed by atoms with E-state index < -0.39 is 0 Å². The van der Waals surface area contributed by atoms with Gasteiger partial charge in [-0.3, -0.25) is 0 Å². The van der Waals surface area contributed by atoms with Gasteiger partial charge in [-0.1, -0.05) is 236 Å². The number of fused-ring (bicyclic) bond motifs is 4. The molecule has 0 spiro atoms. The van der Waals surface area contributed by atoms with E-state index in [9.17, 15) is 0 Å². The maximum Gasteiger partial charge on any atom is 0.0555 e. The summed E-state index contributed by atoms with van der Waals surface area (Å²) in [6, 6.07) is 83.4. The van der Waals surface area contributed by atoms with Crippen LogP contribution in [0.15, 0.2) is 224 Å². The molecule has 0 aliphatic heterocycles. The van der Waals surface area contributed by atoms with Crippen LogP contribution in [0.4, 0.5) is 17.1 Å². The number of para-hydroxylation sites is 2. The van der Waals surface area contributed by atoms with Gasteiger partial charge in [-0.2, -0.15) is 0 Å². The lowest BCUT2D eigenvalue weighted by molar-refractivity contribution is 0.569. The molecular formula is C66H55NS. The van der Waals surface area contributed by atoms with Gasteiger partial charge in [-0.25, -0.2) is 0 Å².